The lowest BCUT2D eigenvalue weighted by Crippen LogP contribution is -2.17. The van der Waals surface area contributed by atoms with E-state index in [9.17, 15) is 0 Å². The van der Waals surface area contributed by atoms with E-state index in [2.05, 4.69) is 6.92 Å². The van der Waals surface area contributed by atoms with Gasteiger partial charge in [0, 0.05) is 12.0 Å². The van der Waals surface area contributed by atoms with Gasteiger partial charge in [-0.25, -0.2) is 0 Å². The molecule has 1 heterocycles. The number of hydrogen-bond donors (Lipinski definition) is 0. The SMILES string of the molecule is CC1C(Cl)CCC1CC1CCCO1. The molecule has 0 aromatic heterocycles. The van der Waals surface area contributed by atoms with Gasteiger partial charge in [0.2, 0.25) is 0 Å². The molecule has 4 unspecified atom stereocenters. The third-order valence-corrected chi connectivity index (χ3v) is 4.33. The Morgan fingerprint density at radius 1 is 1.31 bits per heavy atom. The number of halogens is 1. The summed E-state index contributed by atoms with van der Waals surface area (Å²) in [5, 5.41) is 0.423. The van der Waals surface area contributed by atoms with E-state index in [-0.39, 0.29) is 0 Å². The highest BCUT2D eigenvalue weighted by molar-refractivity contribution is 6.20. The van der Waals surface area contributed by atoms with Gasteiger partial charge in [0.05, 0.1) is 6.10 Å². The normalized spacial score (nSPS) is 45.7. The van der Waals surface area contributed by atoms with Crippen molar-refractivity contribution in [3.05, 3.63) is 0 Å². The Labute approximate surface area is 85.8 Å². The van der Waals surface area contributed by atoms with E-state index in [0.717, 1.165) is 12.5 Å². The standard InChI is InChI=1S/C11H19ClO/c1-8-9(4-5-11(8)12)7-10-3-2-6-13-10/h8-11H,2-7H2,1H3. The Morgan fingerprint density at radius 2 is 2.15 bits per heavy atom. The van der Waals surface area contributed by atoms with Crippen LogP contribution in [0.25, 0.3) is 0 Å². The van der Waals surface area contributed by atoms with Crippen molar-refractivity contribution in [3.63, 3.8) is 0 Å². The average Bonchev–Trinajstić information content (AvgIpc) is 2.71. The van der Waals surface area contributed by atoms with Crippen LogP contribution >= 0.6 is 11.6 Å². The van der Waals surface area contributed by atoms with Crippen LogP contribution in [-0.4, -0.2) is 18.1 Å². The molecular formula is C11H19ClO. The first-order valence-corrected chi connectivity index (χ1v) is 5.96. The second-order valence-electron chi connectivity index (χ2n) is 4.58. The van der Waals surface area contributed by atoms with Gasteiger partial charge in [0.15, 0.2) is 0 Å². The van der Waals surface area contributed by atoms with Gasteiger partial charge in [-0.3, -0.25) is 0 Å². The first kappa shape index (κ1) is 9.79. The molecule has 76 valence electrons. The summed E-state index contributed by atoms with van der Waals surface area (Å²) in [5.74, 6) is 1.52. The van der Waals surface area contributed by atoms with E-state index in [1.54, 1.807) is 0 Å². The minimum absolute atomic E-state index is 0.423. The minimum atomic E-state index is 0.423. The van der Waals surface area contributed by atoms with Gasteiger partial charge in [-0.2, -0.15) is 0 Å². The number of alkyl halides is 1. The van der Waals surface area contributed by atoms with Crippen LogP contribution in [0.2, 0.25) is 0 Å². The van der Waals surface area contributed by atoms with Crippen molar-refractivity contribution in [1.82, 2.24) is 0 Å². The molecular weight excluding hydrogens is 184 g/mol. The molecule has 0 bridgehead atoms. The smallest absolute Gasteiger partial charge is 0.0578 e. The third-order valence-electron chi connectivity index (χ3n) is 3.72. The first-order chi connectivity index (χ1) is 6.27. The number of rotatable bonds is 2. The molecule has 0 amide bonds. The Bertz CT molecular complexity index is 165. The Morgan fingerprint density at radius 3 is 2.69 bits per heavy atom. The summed E-state index contributed by atoms with van der Waals surface area (Å²) in [7, 11) is 0. The molecule has 0 radical (unpaired) electrons. The Balaban J connectivity index is 1.81. The largest absolute Gasteiger partial charge is 0.378 e. The predicted octanol–water partition coefficient (Wildman–Crippen LogP) is 3.21. The summed E-state index contributed by atoms with van der Waals surface area (Å²) in [6.45, 7) is 3.28. The summed E-state index contributed by atoms with van der Waals surface area (Å²) < 4.78 is 5.66. The van der Waals surface area contributed by atoms with Crippen molar-refractivity contribution >= 4 is 11.6 Å². The molecule has 0 aromatic carbocycles. The fraction of sp³-hybridized carbons (Fsp3) is 1.00. The van der Waals surface area contributed by atoms with Crippen LogP contribution in [0, 0.1) is 11.8 Å². The van der Waals surface area contributed by atoms with E-state index in [0.29, 0.717) is 17.4 Å². The van der Waals surface area contributed by atoms with Crippen LogP contribution in [0.4, 0.5) is 0 Å². The summed E-state index contributed by atoms with van der Waals surface area (Å²) in [5.41, 5.74) is 0. The zero-order chi connectivity index (χ0) is 9.26. The third kappa shape index (κ3) is 2.19. The van der Waals surface area contributed by atoms with Gasteiger partial charge < -0.3 is 4.74 Å². The van der Waals surface area contributed by atoms with Crippen LogP contribution in [0.15, 0.2) is 0 Å². The van der Waals surface area contributed by atoms with Crippen LogP contribution in [0.5, 0.6) is 0 Å². The molecule has 1 aliphatic heterocycles. The van der Waals surface area contributed by atoms with Gasteiger partial charge in [-0.15, -0.1) is 11.6 Å². The topological polar surface area (TPSA) is 9.23 Å². The monoisotopic (exact) mass is 202 g/mol. The van der Waals surface area contributed by atoms with Crippen molar-refractivity contribution < 1.29 is 4.74 Å². The summed E-state index contributed by atoms with van der Waals surface area (Å²) >= 11 is 6.20. The molecule has 0 N–H and O–H groups in total. The van der Waals surface area contributed by atoms with Crippen molar-refractivity contribution in [2.45, 2.75) is 50.5 Å². The second-order valence-corrected chi connectivity index (χ2v) is 5.14. The second kappa shape index (κ2) is 4.18. The molecule has 13 heavy (non-hydrogen) atoms. The summed E-state index contributed by atoms with van der Waals surface area (Å²) in [4.78, 5) is 0. The number of hydrogen-bond acceptors (Lipinski definition) is 1. The molecule has 0 aromatic rings. The highest BCUT2D eigenvalue weighted by Crippen LogP contribution is 2.39. The maximum Gasteiger partial charge on any atom is 0.0578 e. The zero-order valence-electron chi connectivity index (χ0n) is 8.34. The van der Waals surface area contributed by atoms with E-state index in [1.807, 2.05) is 0 Å². The highest BCUT2D eigenvalue weighted by atomic mass is 35.5. The van der Waals surface area contributed by atoms with Crippen molar-refractivity contribution in [1.29, 1.82) is 0 Å². The molecule has 2 rings (SSSR count). The van der Waals surface area contributed by atoms with Crippen LogP contribution < -0.4 is 0 Å². The van der Waals surface area contributed by atoms with E-state index in [4.69, 9.17) is 16.3 Å². The molecule has 1 saturated heterocycles. The van der Waals surface area contributed by atoms with E-state index >= 15 is 0 Å². The lowest BCUT2D eigenvalue weighted by molar-refractivity contribution is 0.0847. The molecule has 1 nitrogen and oxygen atoms in total. The Kier molecular flexibility index (Phi) is 3.15. The maximum atomic E-state index is 6.20. The molecule has 0 spiro atoms. The molecule has 4 atom stereocenters. The lowest BCUT2D eigenvalue weighted by Gasteiger charge is -2.20. The highest BCUT2D eigenvalue weighted by Gasteiger charge is 2.33. The van der Waals surface area contributed by atoms with Gasteiger partial charge in [0.1, 0.15) is 0 Å². The van der Waals surface area contributed by atoms with Crippen molar-refractivity contribution in [2.75, 3.05) is 6.61 Å². The molecule has 2 heteroatoms. The van der Waals surface area contributed by atoms with Crippen molar-refractivity contribution in [3.8, 4) is 0 Å². The average molecular weight is 203 g/mol. The van der Waals surface area contributed by atoms with Crippen LogP contribution in [-0.2, 0) is 4.74 Å². The summed E-state index contributed by atoms with van der Waals surface area (Å²) in [6, 6.07) is 0. The maximum absolute atomic E-state index is 6.20. The van der Waals surface area contributed by atoms with E-state index in [1.165, 1.54) is 32.1 Å². The lowest BCUT2D eigenvalue weighted by atomic mass is 9.91. The summed E-state index contributed by atoms with van der Waals surface area (Å²) in [6.07, 6.45) is 6.86. The minimum Gasteiger partial charge on any atom is -0.378 e. The predicted molar refractivity (Wildman–Crippen MR) is 55.1 cm³/mol. The number of ether oxygens (including phenoxy) is 1. The fourth-order valence-corrected chi connectivity index (χ4v) is 3.03. The van der Waals surface area contributed by atoms with Crippen LogP contribution in [0.3, 0.4) is 0 Å². The van der Waals surface area contributed by atoms with Crippen LogP contribution in [0.1, 0.15) is 39.0 Å². The fourth-order valence-electron chi connectivity index (χ4n) is 2.69. The molecule has 2 fully saturated rings. The Hall–Kier alpha value is 0.250. The van der Waals surface area contributed by atoms with Crippen molar-refractivity contribution in [2.24, 2.45) is 11.8 Å². The van der Waals surface area contributed by atoms with Gasteiger partial charge >= 0.3 is 0 Å². The molecule has 1 aliphatic carbocycles. The van der Waals surface area contributed by atoms with Gasteiger partial charge in [-0.05, 0) is 43.9 Å². The zero-order valence-corrected chi connectivity index (χ0v) is 9.09. The molecule has 1 saturated carbocycles. The first-order valence-electron chi connectivity index (χ1n) is 5.53. The van der Waals surface area contributed by atoms with E-state index < -0.39 is 0 Å². The van der Waals surface area contributed by atoms with Gasteiger partial charge in [-0.1, -0.05) is 6.92 Å². The quantitative estimate of drug-likeness (QED) is 0.625. The van der Waals surface area contributed by atoms with Gasteiger partial charge in [0.25, 0.3) is 0 Å². The molecule has 2 aliphatic rings.